The molecule has 0 fully saturated rings. The number of methoxy groups -OCH3 is 1. The summed E-state index contributed by atoms with van der Waals surface area (Å²) >= 11 is 1.35. The van der Waals surface area contributed by atoms with Crippen LogP contribution in [0.3, 0.4) is 0 Å². The summed E-state index contributed by atoms with van der Waals surface area (Å²) in [5, 5.41) is 14.9. The first-order valence-electron chi connectivity index (χ1n) is 11.5. The SMILES string of the molecule is COc1ccc(-n2c(SCC(=O)NC(C)c3ccc4ccccc4c3)nnc2-c2ccncc2)cc1. The van der Waals surface area contributed by atoms with Gasteiger partial charge >= 0.3 is 0 Å². The molecule has 1 unspecified atom stereocenters. The van der Waals surface area contributed by atoms with Crippen LogP contribution in [0.5, 0.6) is 5.75 Å². The molecule has 2 aromatic heterocycles. The molecular weight excluding hydrogens is 470 g/mol. The molecule has 1 atom stereocenters. The quantitative estimate of drug-likeness (QED) is 0.288. The fraction of sp³-hybridized carbons (Fsp3) is 0.143. The Hall–Kier alpha value is -4.17. The zero-order chi connectivity index (χ0) is 24.9. The third-order valence-corrected chi connectivity index (χ3v) is 6.81. The Kier molecular flexibility index (Phi) is 6.95. The number of fused-ring (bicyclic) bond motifs is 1. The topological polar surface area (TPSA) is 81.9 Å². The van der Waals surface area contributed by atoms with Crippen LogP contribution >= 0.6 is 11.8 Å². The molecule has 3 aromatic carbocycles. The molecule has 0 saturated heterocycles. The monoisotopic (exact) mass is 495 g/mol. The van der Waals surface area contributed by atoms with E-state index in [0.717, 1.165) is 28.0 Å². The van der Waals surface area contributed by atoms with Crippen molar-refractivity contribution in [3.63, 3.8) is 0 Å². The number of ether oxygens (including phenoxy) is 1. The first-order valence-corrected chi connectivity index (χ1v) is 12.5. The number of aromatic nitrogens is 4. The summed E-state index contributed by atoms with van der Waals surface area (Å²) in [6.45, 7) is 1.99. The second kappa shape index (κ2) is 10.6. The number of rotatable bonds is 8. The smallest absolute Gasteiger partial charge is 0.230 e. The lowest BCUT2D eigenvalue weighted by Crippen LogP contribution is -2.28. The van der Waals surface area contributed by atoms with Crippen LogP contribution in [0.2, 0.25) is 0 Å². The summed E-state index contributed by atoms with van der Waals surface area (Å²) in [6, 6.07) is 25.8. The van der Waals surface area contributed by atoms with Crippen molar-refractivity contribution in [2.24, 2.45) is 0 Å². The fourth-order valence-electron chi connectivity index (χ4n) is 3.99. The first kappa shape index (κ1) is 23.6. The molecule has 36 heavy (non-hydrogen) atoms. The molecule has 0 aliphatic heterocycles. The van der Waals surface area contributed by atoms with Gasteiger partial charge in [0.05, 0.1) is 18.9 Å². The second-order valence-electron chi connectivity index (χ2n) is 8.26. The van der Waals surface area contributed by atoms with Gasteiger partial charge in [-0.05, 0) is 65.7 Å². The minimum absolute atomic E-state index is 0.0737. The average molecular weight is 496 g/mol. The number of nitrogens with one attached hydrogen (secondary N) is 1. The van der Waals surface area contributed by atoms with Crippen LogP contribution in [0.25, 0.3) is 27.8 Å². The fourth-order valence-corrected chi connectivity index (χ4v) is 4.75. The van der Waals surface area contributed by atoms with E-state index in [-0.39, 0.29) is 17.7 Å². The standard InChI is InChI=1S/C28H25N5O2S/c1-19(22-8-7-20-5-3-4-6-23(20)17-22)30-26(34)18-36-28-32-31-27(21-13-15-29-16-14-21)33(28)24-9-11-25(35-2)12-10-24/h3-17,19H,18H2,1-2H3,(H,30,34). The van der Waals surface area contributed by atoms with Crippen molar-refractivity contribution in [2.45, 2.75) is 18.1 Å². The van der Waals surface area contributed by atoms with Crippen molar-refractivity contribution in [3.8, 4) is 22.8 Å². The molecule has 0 aliphatic rings. The number of hydrogen-bond acceptors (Lipinski definition) is 6. The number of nitrogens with zero attached hydrogens (tertiary/aromatic N) is 4. The van der Waals surface area contributed by atoms with Crippen molar-refractivity contribution in [3.05, 3.63) is 96.8 Å². The third-order valence-electron chi connectivity index (χ3n) is 5.89. The molecule has 5 rings (SSSR count). The van der Waals surface area contributed by atoms with Crippen LogP contribution in [0.15, 0.2) is 96.4 Å². The molecule has 5 aromatic rings. The highest BCUT2D eigenvalue weighted by Gasteiger charge is 2.18. The van der Waals surface area contributed by atoms with E-state index in [2.05, 4.69) is 50.8 Å². The van der Waals surface area contributed by atoms with Crippen LogP contribution in [-0.4, -0.2) is 38.5 Å². The lowest BCUT2D eigenvalue weighted by atomic mass is 10.0. The Labute approximate surface area is 213 Å². The summed E-state index contributed by atoms with van der Waals surface area (Å²) in [5.74, 6) is 1.57. The normalized spacial score (nSPS) is 11.8. The number of benzene rings is 3. The van der Waals surface area contributed by atoms with Crippen LogP contribution in [0, 0.1) is 0 Å². The van der Waals surface area contributed by atoms with E-state index >= 15 is 0 Å². The van der Waals surface area contributed by atoms with Gasteiger partial charge < -0.3 is 10.1 Å². The van der Waals surface area contributed by atoms with E-state index in [4.69, 9.17) is 4.74 Å². The van der Waals surface area contributed by atoms with Crippen molar-refractivity contribution in [1.29, 1.82) is 0 Å². The lowest BCUT2D eigenvalue weighted by Gasteiger charge is -2.15. The van der Waals surface area contributed by atoms with Crippen molar-refractivity contribution in [2.75, 3.05) is 12.9 Å². The van der Waals surface area contributed by atoms with Gasteiger partial charge in [-0.2, -0.15) is 0 Å². The van der Waals surface area contributed by atoms with Crippen molar-refractivity contribution >= 4 is 28.4 Å². The number of carbonyl (C=O) groups excluding carboxylic acids is 1. The molecule has 0 saturated carbocycles. The molecule has 2 heterocycles. The van der Waals surface area contributed by atoms with Gasteiger partial charge in [0.2, 0.25) is 5.91 Å². The Bertz CT molecular complexity index is 1490. The van der Waals surface area contributed by atoms with E-state index in [1.807, 2.05) is 60.0 Å². The van der Waals surface area contributed by atoms with Gasteiger partial charge in [-0.1, -0.05) is 48.2 Å². The molecule has 0 radical (unpaired) electrons. The number of pyridine rings is 1. The Morgan fingerprint density at radius 1 is 0.972 bits per heavy atom. The zero-order valence-electron chi connectivity index (χ0n) is 20.0. The highest BCUT2D eigenvalue weighted by molar-refractivity contribution is 7.99. The van der Waals surface area contributed by atoms with Gasteiger partial charge in [-0.3, -0.25) is 14.3 Å². The summed E-state index contributed by atoms with van der Waals surface area (Å²) in [4.78, 5) is 17.0. The van der Waals surface area contributed by atoms with Crippen LogP contribution in [0.1, 0.15) is 18.5 Å². The summed E-state index contributed by atoms with van der Waals surface area (Å²) < 4.78 is 7.24. The predicted octanol–water partition coefficient (Wildman–Crippen LogP) is 5.46. The molecule has 1 amide bonds. The number of hydrogen-bond donors (Lipinski definition) is 1. The molecular formula is C28H25N5O2S. The van der Waals surface area contributed by atoms with Gasteiger partial charge in [0.1, 0.15) is 5.75 Å². The summed E-state index contributed by atoms with van der Waals surface area (Å²) in [6.07, 6.45) is 3.44. The maximum atomic E-state index is 12.9. The van der Waals surface area contributed by atoms with E-state index in [1.165, 1.54) is 17.1 Å². The van der Waals surface area contributed by atoms with E-state index < -0.39 is 0 Å². The minimum atomic E-state index is -0.116. The molecule has 1 N–H and O–H groups in total. The van der Waals surface area contributed by atoms with Crippen LogP contribution < -0.4 is 10.1 Å². The van der Waals surface area contributed by atoms with Gasteiger partial charge in [-0.25, -0.2) is 0 Å². The largest absolute Gasteiger partial charge is 0.497 e. The maximum Gasteiger partial charge on any atom is 0.230 e. The van der Waals surface area contributed by atoms with Gasteiger partial charge in [0.25, 0.3) is 0 Å². The number of amides is 1. The number of carbonyl (C=O) groups is 1. The lowest BCUT2D eigenvalue weighted by molar-refractivity contribution is -0.119. The van der Waals surface area contributed by atoms with Crippen LogP contribution in [-0.2, 0) is 4.79 Å². The summed E-state index contributed by atoms with van der Waals surface area (Å²) in [7, 11) is 1.63. The molecule has 0 bridgehead atoms. The minimum Gasteiger partial charge on any atom is -0.497 e. The maximum absolute atomic E-state index is 12.9. The average Bonchev–Trinajstić information content (AvgIpc) is 3.36. The van der Waals surface area contributed by atoms with Gasteiger partial charge in [-0.15, -0.1) is 10.2 Å². The van der Waals surface area contributed by atoms with Crippen LogP contribution in [0.4, 0.5) is 0 Å². The van der Waals surface area contributed by atoms with Crippen molar-refractivity contribution in [1.82, 2.24) is 25.1 Å². The molecule has 0 spiro atoms. The Morgan fingerprint density at radius 2 is 1.72 bits per heavy atom. The van der Waals surface area contributed by atoms with E-state index in [9.17, 15) is 4.79 Å². The van der Waals surface area contributed by atoms with Crippen molar-refractivity contribution < 1.29 is 9.53 Å². The van der Waals surface area contributed by atoms with Gasteiger partial charge in [0, 0.05) is 23.6 Å². The second-order valence-corrected chi connectivity index (χ2v) is 9.20. The molecule has 180 valence electrons. The molecule has 7 nitrogen and oxygen atoms in total. The third kappa shape index (κ3) is 5.08. The van der Waals surface area contributed by atoms with Gasteiger partial charge in [0.15, 0.2) is 11.0 Å². The Balaban J connectivity index is 1.34. The molecule has 0 aliphatic carbocycles. The highest BCUT2D eigenvalue weighted by atomic mass is 32.2. The highest BCUT2D eigenvalue weighted by Crippen LogP contribution is 2.29. The zero-order valence-corrected chi connectivity index (χ0v) is 20.8. The first-order chi connectivity index (χ1) is 17.6. The Morgan fingerprint density at radius 3 is 2.47 bits per heavy atom. The summed E-state index contributed by atoms with van der Waals surface area (Å²) in [5.41, 5.74) is 2.82. The van der Waals surface area contributed by atoms with E-state index in [1.54, 1.807) is 19.5 Å². The number of thioether (sulfide) groups is 1. The predicted molar refractivity (Wildman–Crippen MR) is 142 cm³/mol. The van der Waals surface area contributed by atoms with E-state index in [0.29, 0.717) is 11.0 Å². The molecule has 8 heteroatoms.